The predicted molar refractivity (Wildman–Crippen MR) is 70.4 cm³/mol. The van der Waals surface area contributed by atoms with Gasteiger partial charge < -0.3 is 21.5 Å². The lowest BCUT2D eigenvalue weighted by molar-refractivity contribution is -0.140. The van der Waals surface area contributed by atoms with Crippen molar-refractivity contribution >= 4 is 23.7 Å². The molecule has 0 aromatic heterocycles. The fourth-order valence-electron chi connectivity index (χ4n) is 1.62. The third-order valence-electron chi connectivity index (χ3n) is 2.44. The average molecular weight is 287 g/mol. The van der Waals surface area contributed by atoms with E-state index in [2.05, 4.69) is 10.6 Å². The zero-order valence-electron chi connectivity index (χ0n) is 11.8. The van der Waals surface area contributed by atoms with Crippen LogP contribution in [0.1, 0.15) is 33.6 Å². The smallest absolute Gasteiger partial charge is 0.305 e. The van der Waals surface area contributed by atoms with Gasteiger partial charge in [-0.05, 0) is 12.3 Å². The summed E-state index contributed by atoms with van der Waals surface area (Å²) in [5.74, 6) is -3.08. The Morgan fingerprint density at radius 3 is 2.00 bits per heavy atom. The maximum atomic E-state index is 12.0. The van der Waals surface area contributed by atoms with E-state index in [1.54, 1.807) is 0 Å². The monoisotopic (exact) mass is 287 g/mol. The lowest BCUT2D eigenvalue weighted by Crippen LogP contribution is -2.53. The summed E-state index contributed by atoms with van der Waals surface area (Å²) in [5.41, 5.74) is 5.03. The second-order valence-electron chi connectivity index (χ2n) is 4.94. The van der Waals surface area contributed by atoms with Crippen LogP contribution in [0.5, 0.6) is 0 Å². The highest BCUT2D eigenvalue weighted by Crippen LogP contribution is 2.06. The molecule has 0 rings (SSSR count). The summed E-state index contributed by atoms with van der Waals surface area (Å²) in [6.45, 7) is 5.00. The summed E-state index contributed by atoms with van der Waals surface area (Å²) >= 11 is 0. The molecule has 0 unspecified atom stereocenters. The molecule has 0 spiro atoms. The molecule has 0 aromatic rings. The van der Waals surface area contributed by atoms with Gasteiger partial charge in [0.25, 0.3) is 0 Å². The molecule has 3 amide bonds. The summed E-state index contributed by atoms with van der Waals surface area (Å²) in [6.07, 6.45) is -0.237. The molecule has 2 atom stereocenters. The van der Waals surface area contributed by atoms with E-state index in [0.717, 1.165) is 0 Å². The van der Waals surface area contributed by atoms with Crippen LogP contribution in [0.2, 0.25) is 0 Å². The van der Waals surface area contributed by atoms with E-state index in [1.165, 1.54) is 6.92 Å². The van der Waals surface area contributed by atoms with Crippen LogP contribution in [0.4, 0.5) is 0 Å². The average Bonchev–Trinajstić information content (AvgIpc) is 2.24. The zero-order chi connectivity index (χ0) is 15.9. The molecule has 0 saturated heterocycles. The Labute approximate surface area is 117 Å². The highest BCUT2D eigenvalue weighted by atomic mass is 16.4. The van der Waals surface area contributed by atoms with Crippen molar-refractivity contribution in [2.75, 3.05) is 0 Å². The highest BCUT2D eigenvalue weighted by molar-refractivity contribution is 5.92. The van der Waals surface area contributed by atoms with Crippen LogP contribution >= 0.6 is 0 Å². The van der Waals surface area contributed by atoms with E-state index in [0.29, 0.717) is 6.42 Å². The summed E-state index contributed by atoms with van der Waals surface area (Å²) in [7, 11) is 0. The van der Waals surface area contributed by atoms with E-state index in [9.17, 15) is 19.2 Å². The van der Waals surface area contributed by atoms with Crippen molar-refractivity contribution < 1.29 is 24.3 Å². The van der Waals surface area contributed by atoms with Crippen LogP contribution in [0, 0.1) is 5.92 Å². The van der Waals surface area contributed by atoms with Crippen molar-refractivity contribution in [3.8, 4) is 0 Å². The van der Waals surface area contributed by atoms with Gasteiger partial charge in [-0.3, -0.25) is 19.2 Å². The van der Waals surface area contributed by atoms with Gasteiger partial charge in [-0.25, -0.2) is 0 Å². The number of primary amides is 1. The van der Waals surface area contributed by atoms with Gasteiger partial charge in [-0.1, -0.05) is 13.8 Å². The second kappa shape index (κ2) is 8.13. The molecule has 8 nitrogen and oxygen atoms in total. The molecule has 0 aliphatic heterocycles. The predicted octanol–water partition coefficient (Wildman–Crippen LogP) is -1.02. The summed E-state index contributed by atoms with van der Waals surface area (Å²) in [6, 6.07) is -2.13. The van der Waals surface area contributed by atoms with E-state index >= 15 is 0 Å². The standard InChI is InChI=1S/C12H21N3O5/c1-6(2)4-9(14-7(3)16)12(20)15-8(11(13)19)5-10(17)18/h6,8-9H,4-5H2,1-3H3,(H2,13,19)(H,14,16)(H,15,20)(H,17,18)/t8-,9-/m0/s1. The first kappa shape index (κ1) is 17.9. The van der Waals surface area contributed by atoms with Crippen LogP contribution in [-0.4, -0.2) is 40.9 Å². The lowest BCUT2D eigenvalue weighted by Gasteiger charge is -2.22. The SMILES string of the molecule is CC(=O)N[C@@H](CC(C)C)C(=O)N[C@@H](CC(=O)O)C(N)=O. The first-order valence-corrected chi connectivity index (χ1v) is 6.22. The Morgan fingerprint density at radius 2 is 1.65 bits per heavy atom. The van der Waals surface area contributed by atoms with Crippen molar-refractivity contribution in [3.63, 3.8) is 0 Å². The fraction of sp³-hybridized carbons (Fsp3) is 0.667. The van der Waals surface area contributed by atoms with Crippen molar-refractivity contribution in [2.45, 2.75) is 45.7 Å². The fourth-order valence-corrected chi connectivity index (χ4v) is 1.62. The van der Waals surface area contributed by atoms with Gasteiger partial charge in [0, 0.05) is 6.92 Å². The maximum Gasteiger partial charge on any atom is 0.305 e. The molecule has 0 bridgehead atoms. The molecule has 0 fully saturated rings. The van der Waals surface area contributed by atoms with Crippen LogP contribution in [0.15, 0.2) is 0 Å². The lowest BCUT2D eigenvalue weighted by atomic mass is 10.0. The van der Waals surface area contributed by atoms with Gasteiger partial charge in [0.05, 0.1) is 6.42 Å². The largest absolute Gasteiger partial charge is 0.481 e. The van der Waals surface area contributed by atoms with E-state index in [-0.39, 0.29) is 11.8 Å². The Morgan fingerprint density at radius 1 is 1.10 bits per heavy atom. The van der Waals surface area contributed by atoms with Gasteiger partial charge in [0.15, 0.2) is 0 Å². The first-order chi connectivity index (χ1) is 9.13. The molecule has 0 aliphatic carbocycles. The number of carboxylic acid groups (broad SMARTS) is 1. The number of carboxylic acids is 1. The van der Waals surface area contributed by atoms with E-state index < -0.39 is 36.3 Å². The second-order valence-corrected chi connectivity index (χ2v) is 4.94. The van der Waals surface area contributed by atoms with Gasteiger partial charge >= 0.3 is 5.97 Å². The van der Waals surface area contributed by atoms with E-state index in [1.807, 2.05) is 13.8 Å². The Hall–Kier alpha value is -2.12. The van der Waals surface area contributed by atoms with Crippen molar-refractivity contribution in [3.05, 3.63) is 0 Å². The number of carbonyl (C=O) groups excluding carboxylic acids is 3. The first-order valence-electron chi connectivity index (χ1n) is 6.22. The molecule has 8 heteroatoms. The Bertz CT molecular complexity index is 395. The van der Waals surface area contributed by atoms with E-state index in [4.69, 9.17) is 10.8 Å². The number of nitrogens with two attached hydrogens (primary N) is 1. The summed E-state index contributed by atoms with van der Waals surface area (Å²) in [5, 5.41) is 13.4. The Kier molecular flexibility index (Phi) is 7.27. The van der Waals surface area contributed by atoms with Crippen molar-refractivity contribution in [2.24, 2.45) is 11.7 Å². The number of aliphatic carboxylic acids is 1. The number of hydrogen-bond donors (Lipinski definition) is 4. The normalized spacial score (nSPS) is 13.4. The number of amides is 3. The molecule has 0 aromatic carbocycles. The Balaban J connectivity index is 4.81. The minimum absolute atomic E-state index is 0.129. The topological polar surface area (TPSA) is 139 Å². The quantitative estimate of drug-likeness (QED) is 0.452. The number of rotatable bonds is 8. The highest BCUT2D eigenvalue weighted by Gasteiger charge is 2.26. The van der Waals surface area contributed by atoms with Gasteiger partial charge in [0.2, 0.25) is 17.7 Å². The van der Waals surface area contributed by atoms with Crippen LogP contribution in [-0.2, 0) is 19.2 Å². The third-order valence-corrected chi connectivity index (χ3v) is 2.44. The molecule has 20 heavy (non-hydrogen) atoms. The molecule has 0 radical (unpaired) electrons. The minimum Gasteiger partial charge on any atom is -0.481 e. The third kappa shape index (κ3) is 7.34. The van der Waals surface area contributed by atoms with Crippen molar-refractivity contribution in [1.82, 2.24) is 10.6 Å². The number of carbonyl (C=O) groups is 4. The summed E-state index contributed by atoms with van der Waals surface area (Å²) < 4.78 is 0. The molecule has 0 aliphatic rings. The van der Waals surface area contributed by atoms with Crippen molar-refractivity contribution in [1.29, 1.82) is 0 Å². The zero-order valence-corrected chi connectivity index (χ0v) is 11.8. The van der Waals surface area contributed by atoms with Gasteiger partial charge in [-0.15, -0.1) is 0 Å². The molecular weight excluding hydrogens is 266 g/mol. The number of nitrogens with one attached hydrogen (secondary N) is 2. The molecule has 114 valence electrons. The van der Waals surface area contributed by atoms with Gasteiger partial charge in [-0.2, -0.15) is 0 Å². The summed E-state index contributed by atoms with van der Waals surface area (Å²) in [4.78, 5) is 44.7. The van der Waals surface area contributed by atoms with Crippen LogP contribution < -0.4 is 16.4 Å². The van der Waals surface area contributed by atoms with Crippen LogP contribution in [0.25, 0.3) is 0 Å². The van der Waals surface area contributed by atoms with Crippen LogP contribution in [0.3, 0.4) is 0 Å². The molecule has 0 saturated carbocycles. The van der Waals surface area contributed by atoms with Gasteiger partial charge in [0.1, 0.15) is 12.1 Å². The molecule has 5 N–H and O–H groups in total. The maximum absolute atomic E-state index is 12.0. The molecule has 0 heterocycles. The minimum atomic E-state index is -1.30. The molecular formula is C12H21N3O5. The number of hydrogen-bond acceptors (Lipinski definition) is 4.